The van der Waals surface area contributed by atoms with E-state index >= 15 is 0 Å². The Morgan fingerprint density at radius 3 is 2.30 bits per heavy atom. The van der Waals surface area contributed by atoms with Gasteiger partial charge in [-0.25, -0.2) is 0 Å². The molecule has 20 heavy (non-hydrogen) atoms. The summed E-state index contributed by atoms with van der Waals surface area (Å²) in [4.78, 5) is 2.87. The molecule has 0 aromatic rings. The van der Waals surface area contributed by atoms with Gasteiger partial charge in [0.15, 0.2) is 0 Å². The van der Waals surface area contributed by atoms with E-state index in [0.29, 0.717) is 0 Å². The van der Waals surface area contributed by atoms with Gasteiger partial charge in [-0.2, -0.15) is 0 Å². The maximum absolute atomic E-state index is 3.86. The van der Waals surface area contributed by atoms with Crippen LogP contribution in [-0.2, 0) is 0 Å². The highest BCUT2D eigenvalue weighted by Gasteiger charge is 2.42. The van der Waals surface area contributed by atoms with Gasteiger partial charge in [0, 0.05) is 25.2 Å². The summed E-state index contributed by atoms with van der Waals surface area (Å²) in [6, 6.07) is 1.70. The van der Waals surface area contributed by atoms with Crippen molar-refractivity contribution in [1.29, 1.82) is 0 Å². The average molecular weight is 278 g/mol. The second-order valence-corrected chi connectivity index (χ2v) is 7.52. The molecule has 1 N–H and O–H groups in total. The Bertz CT molecular complexity index is 283. The Balaban J connectivity index is 1.38. The van der Waals surface area contributed by atoms with Crippen molar-refractivity contribution in [1.82, 2.24) is 10.2 Å². The van der Waals surface area contributed by atoms with Gasteiger partial charge in [-0.3, -0.25) is 4.90 Å². The molecule has 116 valence electrons. The first-order valence-electron chi connectivity index (χ1n) is 9.36. The molecular formula is C18H34N2. The molecule has 3 fully saturated rings. The molecule has 3 rings (SSSR count). The highest BCUT2D eigenvalue weighted by molar-refractivity contribution is 4.98. The van der Waals surface area contributed by atoms with Crippen LogP contribution < -0.4 is 5.32 Å². The number of piperazine rings is 1. The van der Waals surface area contributed by atoms with Gasteiger partial charge in [0.25, 0.3) is 0 Å². The summed E-state index contributed by atoms with van der Waals surface area (Å²) in [6.07, 6.45) is 14.6. The summed E-state index contributed by atoms with van der Waals surface area (Å²) >= 11 is 0. The van der Waals surface area contributed by atoms with Crippen molar-refractivity contribution >= 4 is 0 Å². The Hall–Kier alpha value is -0.0800. The van der Waals surface area contributed by atoms with Gasteiger partial charge < -0.3 is 5.32 Å². The van der Waals surface area contributed by atoms with E-state index in [-0.39, 0.29) is 0 Å². The summed E-state index contributed by atoms with van der Waals surface area (Å²) in [5.41, 5.74) is 0. The first-order valence-corrected chi connectivity index (χ1v) is 9.36. The van der Waals surface area contributed by atoms with Crippen LogP contribution in [0.3, 0.4) is 0 Å². The van der Waals surface area contributed by atoms with Gasteiger partial charge >= 0.3 is 0 Å². The molecule has 2 atom stereocenters. The summed E-state index contributed by atoms with van der Waals surface area (Å²) in [6.45, 7) is 6.31. The lowest BCUT2D eigenvalue weighted by atomic mass is 10.0. The monoisotopic (exact) mass is 278 g/mol. The van der Waals surface area contributed by atoms with E-state index < -0.39 is 0 Å². The lowest BCUT2D eigenvalue weighted by molar-refractivity contribution is 0.105. The molecule has 0 radical (unpaired) electrons. The molecule has 2 saturated carbocycles. The normalized spacial score (nSPS) is 31.6. The molecule has 0 amide bonds. The molecule has 1 aliphatic heterocycles. The fraction of sp³-hybridized carbons (Fsp3) is 1.00. The molecule has 0 bridgehead atoms. The maximum atomic E-state index is 3.86. The predicted octanol–water partition coefficient (Wildman–Crippen LogP) is 3.81. The van der Waals surface area contributed by atoms with Gasteiger partial charge in [-0.1, -0.05) is 39.0 Å². The summed E-state index contributed by atoms with van der Waals surface area (Å²) < 4.78 is 0. The zero-order valence-electron chi connectivity index (χ0n) is 13.4. The van der Waals surface area contributed by atoms with E-state index in [1.165, 1.54) is 83.8 Å². The molecule has 1 saturated heterocycles. The standard InChI is InChI=1S/C18H34N2/c1-2-3-4-5-6-7-12-20-14-17(15-8-9-15)19-13-18(20)16-10-11-16/h15-19H,2-14H2,1H3. The molecule has 0 aromatic carbocycles. The van der Waals surface area contributed by atoms with Crippen LogP contribution in [0.5, 0.6) is 0 Å². The molecule has 2 heteroatoms. The number of hydrogen-bond donors (Lipinski definition) is 1. The average Bonchev–Trinajstić information content (AvgIpc) is 3.34. The van der Waals surface area contributed by atoms with Crippen molar-refractivity contribution in [2.75, 3.05) is 19.6 Å². The maximum Gasteiger partial charge on any atom is 0.0249 e. The smallest absolute Gasteiger partial charge is 0.0249 e. The Kier molecular flexibility index (Phi) is 5.39. The third kappa shape index (κ3) is 4.21. The Labute approximate surface area is 125 Å². The van der Waals surface area contributed by atoms with Crippen LogP contribution >= 0.6 is 0 Å². The lowest BCUT2D eigenvalue weighted by Crippen LogP contribution is -2.58. The van der Waals surface area contributed by atoms with E-state index in [9.17, 15) is 0 Å². The molecule has 1 heterocycles. The van der Waals surface area contributed by atoms with Crippen LogP contribution in [0.1, 0.15) is 71.1 Å². The van der Waals surface area contributed by atoms with Gasteiger partial charge in [0.2, 0.25) is 0 Å². The number of hydrogen-bond acceptors (Lipinski definition) is 2. The minimum Gasteiger partial charge on any atom is -0.311 e. The van der Waals surface area contributed by atoms with E-state index in [0.717, 1.165) is 23.9 Å². The highest BCUT2D eigenvalue weighted by atomic mass is 15.2. The quantitative estimate of drug-likeness (QED) is 0.645. The summed E-state index contributed by atoms with van der Waals surface area (Å²) in [5, 5.41) is 3.86. The van der Waals surface area contributed by atoms with Crippen molar-refractivity contribution in [2.24, 2.45) is 11.8 Å². The predicted molar refractivity (Wildman–Crippen MR) is 86.0 cm³/mol. The molecule has 2 nitrogen and oxygen atoms in total. The number of rotatable bonds is 9. The summed E-state index contributed by atoms with van der Waals surface area (Å²) in [7, 11) is 0. The lowest BCUT2D eigenvalue weighted by Gasteiger charge is -2.41. The Morgan fingerprint density at radius 1 is 0.900 bits per heavy atom. The van der Waals surface area contributed by atoms with Crippen LogP contribution in [-0.4, -0.2) is 36.6 Å². The molecule has 2 aliphatic carbocycles. The van der Waals surface area contributed by atoms with Gasteiger partial charge in [-0.15, -0.1) is 0 Å². The molecule has 3 aliphatic rings. The highest BCUT2D eigenvalue weighted by Crippen LogP contribution is 2.39. The van der Waals surface area contributed by atoms with Crippen LogP contribution in [0, 0.1) is 11.8 Å². The third-order valence-electron chi connectivity index (χ3n) is 5.65. The fourth-order valence-corrected chi connectivity index (χ4v) is 3.97. The second-order valence-electron chi connectivity index (χ2n) is 7.52. The largest absolute Gasteiger partial charge is 0.311 e. The SMILES string of the molecule is CCCCCCCCN1CC(C2CC2)NCC1C1CC1. The molecular weight excluding hydrogens is 244 g/mol. The summed E-state index contributed by atoms with van der Waals surface area (Å²) in [5.74, 6) is 2.05. The first kappa shape index (κ1) is 14.8. The van der Waals surface area contributed by atoms with Gasteiger partial charge in [0.1, 0.15) is 0 Å². The van der Waals surface area contributed by atoms with Crippen molar-refractivity contribution in [3.63, 3.8) is 0 Å². The van der Waals surface area contributed by atoms with Crippen molar-refractivity contribution in [3.8, 4) is 0 Å². The fourth-order valence-electron chi connectivity index (χ4n) is 3.97. The molecule has 0 spiro atoms. The van der Waals surface area contributed by atoms with E-state index in [1.54, 1.807) is 0 Å². The van der Waals surface area contributed by atoms with Crippen LogP contribution in [0.2, 0.25) is 0 Å². The number of nitrogens with one attached hydrogen (secondary N) is 1. The van der Waals surface area contributed by atoms with E-state index in [1.807, 2.05) is 0 Å². The van der Waals surface area contributed by atoms with Crippen molar-refractivity contribution < 1.29 is 0 Å². The topological polar surface area (TPSA) is 15.3 Å². The van der Waals surface area contributed by atoms with Gasteiger partial charge in [-0.05, 0) is 50.5 Å². The van der Waals surface area contributed by atoms with E-state index in [2.05, 4.69) is 17.1 Å². The zero-order valence-corrected chi connectivity index (χ0v) is 13.4. The van der Waals surface area contributed by atoms with E-state index in [4.69, 9.17) is 0 Å². The van der Waals surface area contributed by atoms with Crippen molar-refractivity contribution in [3.05, 3.63) is 0 Å². The Morgan fingerprint density at radius 2 is 1.60 bits per heavy atom. The van der Waals surface area contributed by atoms with Crippen molar-refractivity contribution in [2.45, 2.75) is 83.2 Å². The molecule has 0 aromatic heterocycles. The van der Waals surface area contributed by atoms with Crippen LogP contribution in [0.4, 0.5) is 0 Å². The third-order valence-corrected chi connectivity index (χ3v) is 5.65. The van der Waals surface area contributed by atoms with Crippen LogP contribution in [0.25, 0.3) is 0 Å². The number of nitrogens with zero attached hydrogens (tertiary/aromatic N) is 1. The minimum atomic E-state index is 0.824. The minimum absolute atomic E-state index is 0.824. The van der Waals surface area contributed by atoms with Gasteiger partial charge in [0.05, 0.1) is 0 Å². The van der Waals surface area contributed by atoms with Crippen LogP contribution in [0.15, 0.2) is 0 Å². The second kappa shape index (κ2) is 7.26. The first-order chi connectivity index (χ1) is 9.88. The molecule has 2 unspecified atom stereocenters. The zero-order chi connectivity index (χ0) is 13.8. The number of unbranched alkanes of at least 4 members (excludes halogenated alkanes) is 5.